The molecule has 0 aliphatic heterocycles. The van der Waals surface area contributed by atoms with Gasteiger partial charge >= 0.3 is 0 Å². The smallest absolute Gasteiger partial charge is 0.258 e. The summed E-state index contributed by atoms with van der Waals surface area (Å²) in [5.41, 5.74) is 2.51. The van der Waals surface area contributed by atoms with Gasteiger partial charge in [0.05, 0.1) is 24.0 Å². The molecule has 0 spiro atoms. The van der Waals surface area contributed by atoms with Crippen LogP contribution in [0.3, 0.4) is 0 Å². The Bertz CT molecular complexity index is 1290. The molecular weight excluding hydrogens is 404 g/mol. The quantitative estimate of drug-likeness (QED) is 0.486. The van der Waals surface area contributed by atoms with Gasteiger partial charge in [-0.1, -0.05) is 6.07 Å². The topological polar surface area (TPSA) is 92.8 Å². The predicted octanol–water partition coefficient (Wildman–Crippen LogP) is 4.23. The van der Waals surface area contributed by atoms with Gasteiger partial charge in [-0.05, 0) is 55.3 Å². The van der Waals surface area contributed by atoms with Crippen molar-refractivity contribution in [3.63, 3.8) is 0 Å². The average Bonchev–Trinajstić information content (AvgIpc) is 3.47. The molecule has 5 rings (SSSR count). The number of rotatable bonds is 6. The van der Waals surface area contributed by atoms with Crippen LogP contribution in [0.15, 0.2) is 48.5 Å². The van der Waals surface area contributed by atoms with E-state index >= 15 is 0 Å². The Balaban J connectivity index is 1.36. The number of nitrogens with one attached hydrogen (secondary N) is 2. The number of H-pyrrole nitrogens is 1. The van der Waals surface area contributed by atoms with Crippen LogP contribution in [0, 0.1) is 11.6 Å². The summed E-state index contributed by atoms with van der Waals surface area (Å²) in [4.78, 5) is 17.0. The molecule has 0 saturated heterocycles. The van der Waals surface area contributed by atoms with Gasteiger partial charge in [-0.3, -0.25) is 4.79 Å². The molecule has 0 atom stereocenters. The molecule has 1 aliphatic carbocycles. The molecule has 2 N–H and O–H groups in total. The molecule has 9 heteroatoms. The Labute approximate surface area is 175 Å². The monoisotopic (exact) mass is 421 g/mol. The van der Waals surface area contributed by atoms with E-state index in [0.717, 1.165) is 12.8 Å². The third-order valence-corrected chi connectivity index (χ3v) is 5.00. The molecule has 0 bridgehead atoms. The number of carbonyl (C=O) groups is 1. The van der Waals surface area contributed by atoms with Gasteiger partial charge in [-0.25, -0.2) is 13.8 Å². The number of hydrogen-bond donors (Lipinski definition) is 2. The zero-order chi connectivity index (χ0) is 21.4. The highest BCUT2D eigenvalue weighted by atomic mass is 19.1. The van der Waals surface area contributed by atoms with Gasteiger partial charge in [0.15, 0.2) is 0 Å². The minimum Gasteiger partial charge on any atom is -0.373 e. The zero-order valence-corrected chi connectivity index (χ0v) is 16.2. The van der Waals surface area contributed by atoms with Crippen LogP contribution >= 0.6 is 0 Å². The number of ether oxygens (including phenoxy) is 1. The van der Waals surface area contributed by atoms with E-state index in [4.69, 9.17) is 4.74 Å². The number of benzene rings is 2. The van der Waals surface area contributed by atoms with E-state index in [1.165, 1.54) is 24.3 Å². The number of pyridine rings is 1. The second-order valence-electron chi connectivity index (χ2n) is 7.33. The summed E-state index contributed by atoms with van der Waals surface area (Å²) >= 11 is 0. The van der Waals surface area contributed by atoms with Crippen LogP contribution in [-0.2, 0) is 11.3 Å². The molecule has 1 saturated carbocycles. The van der Waals surface area contributed by atoms with E-state index in [0.29, 0.717) is 28.0 Å². The zero-order valence-electron chi connectivity index (χ0n) is 16.2. The summed E-state index contributed by atoms with van der Waals surface area (Å²) in [6.45, 7) is 0.185. The highest BCUT2D eigenvalue weighted by Gasteiger charge is 2.22. The minimum absolute atomic E-state index is 0.180. The lowest BCUT2D eigenvalue weighted by atomic mass is 10.1. The first-order valence-corrected chi connectivity index (χ1v) is 9.75. The Kier molecular flexibility index (Phi) is 4.87. The number of amides is 1. The summed E-state index contributed by atoms with van der Waals surface area (Å²) in [6.07, 6.45) is 2.22. The molecule has 7 nitrogen and oxygen atoms in total. The summed E-state index contributed by atoms with van der Waals surface area (Å²) in [6, 6.07) is 11.9. The van der Waals surface area contributed by atoms with Gasteiger partial charge in [0.25, 0.3) is 5.91 Å². The molecule has 31 heavy (non-hydrogen) atoms. The summed E-state index contributed by atoms with van der Waals surface area (Å²) < 4.78 is 34.2. The lowest BCUT2D eigenvalue weighted by molar-refractivity contribution is 0.102. The molecule has 1 aliphatic rings. The van der Waals surface area contributed by atoms with Gasteiger partial charge in [-0.2, -0.15) is 10.3 Å². The van der Waals surface area contributed by atoms with Crippen molar-refractivity contribution in [1.82, 2.24) is 20.4 Å². The maximum absolute atomic E-state index is 14.4. The standard InChI is InChI=1S/C22H17F2N5O2/c23-17-6-2-12(19-7-8-20-21(26-19)28-29-27-20)9-16(17)22(30)25-14-3-1-13(18(24)10-14)11-31-15-4-5-15/h1-3,6-10,15H,4-5,11H2,(H,25,30)(H,26,27,28,29). The Hall–Kier alpha value is -3.72. The maximum Gasteiger partial charge on any atom is 0.258 e. The van der Waals surface area contributed by atoms with Gasteiger partial charge in [-0.15, -0.1) is 5.10 Å². The molecule has 0 radical (unpaired) electrons. The summed E-state index contributed by atoms with van der Waals surface area (Å²) in [5, 5.41) is 12.9. The van der Waals surface area contributed by atoms with Crippen LogP contribution in [0.25, 0.3) is 22.4 Å². The van der Waals surface area contributed by atoms with Crippen molar-refractivity contribution in [2.24, 2.45) is 0 Å². The molecule has 156 valence electrons. The van der Waals surface area contributed by atoms with Crippen molar-refractivity contribution in [3.05, 3.63) is 71.3 Å². The molecular formula is C22H17F2N5O2. The van der Waals surface area contributed by atoms with E-state index in [2.05, 4.69) is 25.7 Å². The van der Waals surface area contributed by atoms with Crippen LogP contribution in [-0.4, -0.2) is 32.4 Å². The minimum atomic E-state index is -0.696. The number of hydrogen-bond acceptors (Lipinski definition) is 5. The lowest BCUT2D eigenvalue weighted by Gasteiger charge is -2.10. The van der Waals surface area contributed by atoms with E-state index in [9.17, 15) is 13.6 Å². The van der Waals surface area contributed by atoms with E-state index in [1.54, 1.807) is 24.3 Å². The highest BCUT2D eigenvalue weighted by molar-refractivity contribution is 6.05. The number of halogens is 2. The largest absolute Gasteiger partial charge is 0.373 e. The molecule has 2 aromatic carbocycles. The lowest BCUT2D eigenvalue weighted by Crippen LogP contribution is -2.14. The van der Waals surface area contributed by atoms with Crippen molar-refractivity contribution in [2.75, 3.05) is 5.32 Å². The van der Waals surface area contributed by atoms with Gasteiger partial charge in [0.1, 0.15) is 17.2 Å². The molecule has 1 fully saturated rings. The Morgan fingerprint density at radius 3 is 2.74 bits per heavy atom. The molecule has 0 unspecified atom stereocenters. The van der Waals surface area contributed by atoms with Crippen LogP contribution in [0.5, 0.6) is 0 Å². The second kappa shape index (κ2) is 7.84. The number of aromatic nitrogens is 4. The Morgan fingerprint density at radius 2 is 1.94 bits per heavy atom. The van der Waals surface area contributed by atoms with E-state index in [-0.39, 0.29) is 24.0 Å². The molecule has 2 aromatic heterocycles. The second-order valence-corrected chi connectivity index (χ2v) is 7.33. The first-order valence-electron chi connectivity index (χ1n) is 9.75. The fourth-order valence-corrected chi connectivity index (χ4v) is 3.14. The number of anilines is 1. The van der Waals surface area contributed by atoms with Crippen LogP contribution in [0.4, 0.5) is 14.5 Å². The highest BCUT2D eigenvalue weighted by Crippen LogP contribution is 2.26. The first-order chi connectivity index (χ1) is 15.1. The molecule has 1 amide bonds. The van der Waals surface area contributed by atoms with Crippen LogP contribution in [0.2, 0.25) is 0 Å². The fourth-order valence-electron chi connectivity index (χ4n) is 3.14. The third-order valence-electron chi connectivity index (χ3n) is 5.00. The van der Waals surface area contributed by atoms with Gasteiger partial charge < -0.3 is 10.1 Å². The number of fused-ring (bicyclic) bond motifs is 1. The average molecular weight is 421 g/mol. The van der Waals surface area contributed by atoms with Crippen molar-refractivity contribution in [2.45, 2.75) is 25.6 Å². The third kappa shape index (κ3) is 4.13. The van der Waals surface area contributed by atoms with Crippen molar-refractivity contribution < 1.29 is 18.3 Å². The normalized spacial score (nSPS) is 13.5. The van der Waals surface area contributed by atoms with Crippen molar-refractivity contribution in [1.29, 1.82) is 0 Å². The van der Waals surface area contributed by atoms with Crippen LogP contribution < -0.4 is 5.32 Å². The SMILES string of the molecule is O=C(Nc1ccc(COC2CC2)c(F)c1)c1cc(-c2ccc3n[nH]nc3n2)ccc1F. The van der Waals surface area contributed by atoms with Gasteiger partial charge in [0.2, 0.25) is 5.65 Å². The van der Waals surface area contributed by atoms with Crippen molar-refractivity contribution in [3.8, 4) is 11.3 Å². The van der Waals surface area contributed by atoms with Gasteiger partial charge in [0, 0.05) is 16.8 Å². The molecule has 4 aromatic rings. The van der Waals surface area contributed by atoms with E-state index < -0.39 is 17.5 Å². The van der Waals surface area contributed by atoms with E-state index in [1.807, 2.05) is 0 Å². The summed E-state index contributed by atoms with van der Waals surface area (Å²) in [7, 11) is 0. The van der Waals surface area contributed by atoms with Crippen molar-refractivity contribution >= 4 is 22.8 Å². The molecule has 2 heterocycles. The summed E-state index contributed by atoms with van der Waals surface area (Å²) in [5.74, 6) is -1.88. The first kappa shape index (κ1) is 19.3. The number of aromatic amines is 1. The fraction of sp³-hybridized carbons (Fsp3) is 0.182. The maximum atomic E-state index is 14.4. The Morgan fingerprint density at radius 1 is 1.06 bits per heavy atom. The number of nitrogens with zero attached hydrogens (tertiary/aromatic N) is 3. The number of carbonyl (C=O) groups excluding carboxylic acids is 1. The van der Waals surface area contributed by atoms with Crippen LogP contribution in [0.1, 0.15) is 28.8 Å². The predicted molar refractivity (Wildman–Crippen MR) is 109 cm³/mol.